The fraction of sp³-hybridized carbons (Fsp3) is 0.333. The van der Waals surface area contributed by atoms with E-state index in [1.54, 1.807) is 19.6 Å². The molecule has 0 unspecified atom stereocenters. The molecule has 0 spiro atoms. The summed E-state index contributed by atoms with van der Waals surface area (Å²) >= 11 is 0. The van der Waals surface area contributed by atoms with Gasteiger partial charge in [-0.2, -0.15) is 0 Å². The highest BCUT2D eigenvalue weighted by Crippen LogP contribution is 2.07. The Kier molecular flexibility index (Phi) is 2.23. The lowest BCUT2D eigenvalue weighted by Gasteiger charge is -2.00. The van der Waals surface area contributed by atoms with Crippen molar-refractivity contribution in [2.75, 3.05) is 13.7 Å². The van der Waals surface area contributed by atoms with Crippen LogP contribution in [0.3, 0.4) is 0 Å². The van der Waals surface area contributed by atoms with Gasteiger partial charge in [0.25, 0.3) is 0 Å². The monoisotopic (exact) mass is 177 g/mol. The van der Waals surface area contributed by atoms with Crippen molar-refractivity contribution in [3.05, 3.63) is 24.7 Å². The summed E-state index contributed by atoms with van der Waals surface area (Å²) < 4.78 is 6.97. The van der Waals surface area contributed by atoms with Crippen LogP contribution in [0.15, 0.2) is 24.7 Å². The number of hydrogen-bond acceptors (Lipinski definition) is 3. The minimum absolute atomic E-state index is 0.683. The van der Waals surface area contributed by atoms with Crippen molar-refractivity contribution in [2.24, 2.45) is 0 Å². The molecular formula is C9H11N3O. The highest BCUT2D eigenvalue weighted by Gasteiger charge is 2.00. The summed E-state index contributed by atoms with van der Waals surface area (Å²) in [6.07, 6.45) is 3.56. The van der Waals surface area contributed by atoms with Crippen LogP contribution in [0.4, 0.5) is 0 Å². The van der Waals surface area contributed by atoms with E-state index in [-0.39, 0.29) is 0 Å². The quantitative estimate of drug-likeness (QED) is 0.704. The van der Waals surface area contributed by atoms with Crippen LogP contribution in [0.5, 0.6) is 0 Å². The first kappa shape index (κ1) is 8.19. The van der Waals surface area contributed by atoms with Crippen LogP contribution in [0, 0.1) is 0 Å². The van der Waals surface area contributed by atoms with Crippen molar-refractivity contribution >= 4 is 11.2 Å². The van der Waals surface area contributed by atoms with E-state index in [0.29, 0.717) is 6.61 Å². The van der Waals surface area contributed by atoms with Gasteiger partial charge in [0.15, 0.2) is 5.65 Å². The van der Waals surface area contributed by atoms with E-state index in [4.69, 9.17) is 4.74 Å². The van der Waals surface area contributed by atoms with Crippen LogP contribution in [0.25, 0.3) is 11.2 Å². The Bertz CT molecular complexity index is 396. The third kappa shape index (κ3) is 1.53. The standard InChI is InChI=1S/C9H11N3O/c1-13-6-5-12-7-11-8-3-2-4-10-9(8)12/h2-4,7H,5-6H2,1H3. The molecule has 0 aliphatic rings. The van der Waals surface area contributed by atoms with E-state index in [1.165, 1.54) is 0 Å². The average molecular weight is 177 g/mol. The molecule has 0 bridgehead atoms. The predicted octanol–water partition coefficient (Wildman–Crippen LogP) is 1.08. The second-order valence-electron chi connectivity index (χ2n) is 2.78. The van der Waals surface area contributed by atoms with Crippen LogP contribution in [0.2, 0.25) is 0 Å². The van der Waals surface area contributed by atoms with E-state index >= 15 is 0 Å². The smallest absolute Gasteiger partial charge is 0.159 e. The molecule has 4 heteroatoms. The molecule has 0 aromatic carbocycles. The molecule has 0 saturated heterocycles. The highest BCUT2D eigenvalue weighted by molar-refractivity contribution is 5.69. The summed E-state index contributed by atoms with van der Waals surface area (Å²) in [5, 5.41) is 0. The Balaban J connectivity index is 2.35. The van der Waals surface area contributed by atoms with Gasteiger partial charge in [-0.3, -0.25) is 0 Å². The van der Waals surface area contributed by atoms with Gasteiger partial charge < -0.3 is 9.30 Å². The number of pyridine rings is 1. The van der Waals surface area contributed by atoms with Crippen LogP contribution < -0.4 is 0 Å². The molecule has 0 N–H and O–H groups in total. The number of aromatic nitrogens is 3. The second kappa shape index (κ2) is 3.53. The van der Waals surface area contributed by atoms with Crippen LogP contribution in [0.1, 0.15) is 0 Å². The number of methoxy groups -OCH3 is 1. The van der Waals surface area contributed by atoms with E-state index in [0.717, 1.165) is 17.7 Å². The van der Waals surface area contributed by atoms with Crippen LogP contribution >= 0.6 is 0 Å². The van der Waals surface area contributed by atoms with E-state index in [9.17, 15) is 0 Å². The molecule has 0 amide bonds. The number of hydrogen-bond donors (Lipinski definition) is 0. The summed E-state index contributed by atoms with van der Waals surface area (Å²) in [6, 6.07) is 3.83. The third-order valence-corrected chi connectivity index (χ3v) is 1.91. The summed E-state index contributed by atoms with van der Waals surface area (Å²) in [7, 11) is 1.69. The molecule has 2 aromatic rings. The number of imidazole rings is 1. The van der Waals surface area contributed by atoms with Gasteiger partial charge in [-0.15, -0.1) is 0 Å². The number of nitrogens with zero attached hydrogens (tertiary/aromatic N) is 3. The molecule has 0 saturated carbocycles. The third-order valence-electron chi connectivity index (χ3n) is 1.91. The summed E-state index contributed by atoms with van der Waals surface area (Å²) in [6.45, 7) is 1.48. The van der Waals surface area contributed by atoms with Gasteiger partial charge in [0.05, 0.1) is 12.9 Å². The SMILES string of the molecule is COCCn1cnc2cccnc21. The maximum Gasteiger partial charge on any atom is 0.159 e. The molecule has 0 fully saturated rings. The van der Waals surface area contributed by atoms with Gasteiger partial charge >= 0.3 is 0 Å². The molecule has 2 aromatic heterocycles. The normalized spacial score (nSPS) is 10.8. The number of fused-ring (bicyclic) bond motifs is 1. The maximum atomic E-state index is 4.99. The average Bonchev–Trinajstić information content (AvgIpc) is 2.58. The Morgan fingerprint density at radius 3 is 3.23 bits per heavy atom. The minimum atomic E-state index is 0.683. The van der Waals surface area contributed by atoms with Crippen molar-refractivity contribution in [3.63, 3.8) is 0 Å². The molecule has 0 aliphatic heterocycles. The van der Waals surface area contributed by atoms with Gasteiger partial charge in [0.1, 0.15) is 5.52 Å². The van der Waals surface area contributed by atoms with E-state index in [1.807, 2.05) is 16.7 Å². The van der Waals surface area contributed by atoms with Crippen molar-refractivity contribution < 1.29 is 4.74 Å². The van der Waals surface area contributed by atoms with Crippen molar-refractivity contribution in [1.82, 2.24) is 14.5 Å². The molecule has 0 atom stereocenters. The number of ether oxygens (including phenoxy) is 1. The Hall–Kier alpha value is -1.42. The van der Waals surface area contributed by atoms with Crippen LogP contribution in [-0.4, -0.2) is 28.3 Å². The Morgan fingerprint density at radius 2 is 2.38 bits per heavy atom. The van der Waals surface area contributed by atoms with Gasteiger partial charge in [-0.25, -0.2) is 9.97 Å². The van der Waals surface area contributed by atoms with Gasteiger partial charge in [-0.05, 0) is 12.1 Å². The lowest BCUT2D eigenvalue weighted by Crippen LogP contribution is -2.03. The summed E-state index contributed by atoms with van der Waals surface area (Å²) in [5.74, 6) is 0. The maximum absolute atomic E-state index is 4.99. The molecule has 68 valence electrons. The first-order valence-electron chi connectivity index (χ1n) is 4.16. The molecule has 4 nitrogen and oxygen atoms in total. The lowest BCUT2D eigenvalue weighted by atomic mass is 10.4. The molecule has 13 heavy (non-hydrogen) atoms. The second-order valence-corrected chi connectivity index (χ2v) is 2.78. The fourth-order valence-electron chi connectivity index (χ4n) is 1.25. The molecular weight excluding hydrogens is 166 g/mol. The molecule has 0 radical (unpaired) electrons. The van der Waals surface area contributed by atoms with Gasteiger partial charge in [0, 0.05) is 19.9 Å². The first-order valence-corrected chi connectivity index (χ1v) is 4.16. The van der Waals surface area contributed by atoms with Crippen molar-refractivity contribution in [3.8, 4) is 0 Å². The zero-order valence-corrected chi connectivity index (χ0v) is 7.47. The van der Waals surface area contributed by atoms with Crippen LogP contribution in [-0.2, 0) is 11.3 Å². The zero-order chi connectivity index (χ0) is 9.10. The van der Waals surface area contributed by atoms with Gasteiger partial charge in [0.2, 0.25) is 0 Å². The minimum Gasteiger partial charge on any atom is -0.383 e. The highest BCUT2D eigenvalue weighted by atomic mass is 16.5. The van der Waals surface area contributed by atoms with Crippen molar-refractivity contribution in [2.45, 2.75) is 6.54 Å². The zero-order valence-electron chi connectivity index (χ0n) is 7.47. The molecule has 0 aliphatic carbocycles. The number of rotatable bonds is 3. The Morgan fingerprint density at radius 1 is 1.46 bits per heavy atom. The van der Waals surface area contributed by atoms with E-state index < -0.39 is 0 Å². The van der Waals surface area contributed by atoms with Crippen molar-refractivity contribution in [1.29, 1.82) is 0 Å². The first-order chi connectivity index (χ1) is 6.42. The molecule has 2 rings (SSSR count). The Labute approximate surface area is 76.2 Å². The predicted molar refractivity (Wildman–Crippen MR) is 49.4 cm³/mol. The summed E-state index contributed by atoms with van der Waals surface area (Å²) in [5.41, 5.74) is 1.85. The van der Waals surface area contributed by atoms with E-state index in [2.05, 4.69) is 9.97 Å². The fourth-order valence-corrected chi connectivity index (χ4v) is 1.25. The van der Waals surface area contributed by atoms with Gasteiger partial charge in [-0.1, -0.05) is 0 Å². The summed E-state index contributed by atoms with van der Waals surface area (Å²) in [4.78, 5) is 8.46. The lowest BCUT2D eigenvalue weighted by molar-refractivity contribution is 0.188. The largest absolute Gasteiger partial charge is 0.383 e. The molecule has 2 heterocycles. The topological polar surface area (TPSA) is 39.9 Å².